The molecule has 2 aromatic rings. The summed E-state index contributed by atoms with van der Waals surface area (Å²) in [6, 6.07) is 6.70. The Morgan fingerprint density at radius 2 is 1.97 bits per heavy atom. The van der Waals surface area contributed by atoms with Gasteiger partial charge in [-0.25, -0.2) is 9.71 Å². The third-order valence-electron chi connectivity index (χ3n) is 7.15. The van der Waals surface area contributed by atoms with Crippen molar-refractivity contribution in [3.63, 3.8) is 0 Å². The van der Waals surface area contributed by atoms with Crippen molar-refractivity contribution in [3.8, 4) is 17.0 Å². The van der Waals surface area contributed by atoms with E-state index in [2.05, 4.69) is 22.2 Å². The molecule has 1 saturated carbocycles. The van der Waals surface area contributed by atoms with Gasteiger partial charge in [0, 0.05) is 36.1 Å². The number of anilines is 1. The Balaban J connectivity index is 1.15. The van der Waals surface area contributed by atoms with E-state index in [0.29, 0.717) is 44.8 Å². The Kier molecular flexibility index (Phi) is 7.41. The predicted molar refractivity (Wildman–Crippen MR) is 135 cm³/mol. The summed E-state index contributed by atoms with van der Waals surface area (Å²) in [6.07, 6.45) is 7.32. The Hall–Kier alpha value is -1.72. The summed E-state index contributed by atoms with van der Waals surface area (Å²) in [5.74, 6) is 1.28. The third-order valence-corrected chi connectivity index (χ3v) is 9.78. The number of hydrogen-bond donors (Lipinski definition) is 2. The molecule has 3 aliphatic rings. The normalized spacial score (nSPS) is 23.6. The van der Waals surface area contributed by atoms with E-state index in [1.807, 2.05) is 6.07 Å². The molecule has 5 rings (SSSR count). The fourth-order valence-corrected chi connectivity index (χ4v) is 7.51. The quantitative estimate of drug-likeness (QED) is 0.598. The van der Waals surface area contributed by atoms with Crippen molar-refractivity contribution in [2.75, 3.05) is 45.3 Å². The molecule has 0 bridgehead atoms. The predicted octanol–water partition coefficient (Wildman–Crippen LogP) is 3.44. The smallest absolute Gasteiger partial charge is 0.279 e. The van der Waals surface area contributed by atoms with Crippen molar-refractivity contribution >= 4 is 26.7 Å². The summed E-state index contributed by atoms with van der Waals surface area (Å²) in [5, 5.41) is 4.68. The van der Waals surface area contributed by atoms with Crippen LogP contribution >= 0.6 is 11.3 Å². The highest BCUT2D eigenvalue weighted by Gasteiger charge is 2.28. The van der Waals surface area contributed by atoms with Gasteiger partial charge in [-0.2, -0.15) is 12.7 Å². The molecule has 2 aliphatic carbocycles. The van der Waals surface area contributed by atoms with Gasteiger partial charge in [-0.05, 0) is 74.6 Å². The Labute approximate surface area is 206 Å². The van der Waals surface area contributed by atoms with Crippen LogP contribution in [0, 0.1) is 5.92 Å². The van der Waals surface area contributed by atoms with Crippen molar-refractivity contribution in [3.05, 3.63) is 28.6 Å². The van der Waals surface area contributed by atoms with Crippen LogP contribution in [0.15, 0.2) is 18.2 Å². The van der Waals surface area contributed by atoms with Gasteiger partial charge >= 0.3 is 0 Å². The van der Waals surface area contributed by atoms with E-state index in [1.54, 1.807) is 18.4 Å². The number of methoxy groups -OCH3 is 1. The Morgan fingerprint density at radius 3 is 2.74 bits per heavy atom. The molecule has 0 atom stereocenters. The zero-order chi connectivity index (χ0) is 23.5. The van der Waals surface area contributed by atoms with E-state index < -0.39 is 10.2 Å². The summed E-state index contributed by atoms with van der Waals surface area (Å²) in [4.78, 5) is 6.36. The highest BCUT2D eigenvalue weighted by atomic mass is 32.2. The second-order valence-electron chi connectivity index (χ2n) is 9.39. The fourth-order valence-electron chi connectivity index (χ4n) is 5.15. The van der Waals surface area contributed by atoms with Gasteiger partial charge in [0.25, 0.3) is 10.2 Å². The number of thiazole rings is 1. The first kappa shape index (κ1) is 24.0. The molecule has 10 heteroatoms. The van der Waals surface area contributed by atoms with Gasteiger partial charge in [-0.1, -0.05) is 0 Å². The van der Waals surface area contributed by atoms with Gasteiger partial charge in [0.05, 0.1) is 26.0 Å². The molecule has 2 fully saturated rings. The molecule has 2 N–H and O–H groups in total. The molecule has 1 saturated heterocycles. The van der Waals surface area contributed by atoms with Crippen LogP contribution in [0.5, 0.6) is 5.75 Å². The molecule has 186 valence electrons. The molecule has 0 spiro atoms. The number of hydrogen-bond acceptors (Lipinski definition) is 7. The van der Waals surface area contributed by atoms with Crippen LogP contribution in [0.3, 0.4) is 0 Å². The Bertz CT molecular complexity index is 1090. The van der Waals surface area contributed by atoms with Gasteiger partial charge in [0.1, 0.15) is 5.75 Å². The SMILES string of the molecule is COc1ccc2c(c1)CCCc1sc(NC3CCC(CNS(=O)(=O)N4CCOCC4)CC3)nc1-2. The van der Waals surface area contributed by atoms with E-state index in [1.165, 1.54) is 20.3 Å². The maximum atomic E-state index is 12.5. The minimum absolute atomic E-state index is 0.378. The highest BCUT2D eigenvalue weighted by molar-refractivity contribution is 7.87. The van der Waals surface area contributed by atoms with Crippen molar-refractivity contribution in [1.82, 2.24) is 14.0 Å². The van der Waals surface area contributed by atoms with E-state index in [9.17, 15) is 8.42 Å². The monoisotopic (exact) mass is 506 g/mol. The van der Waals surface area contributed by atoms with E-state index in [4.69, 9.17) is 14.5 Å². The molecule has 1 aromatic heterocycles. The van der Waals surface area contributed by atoms with Crippen molar-refractivity contribution in [2.45, 2.75) is 51.0 Å². The number of rotatable bonds is 7. The average Bonchev–Trinajstić information content (AvgIpc) is 3.18. The lowest BCUT2D eigenvalue weighted by atomic mass is 9.86. The highest BCUT2D eigenvalue weighted by Crippen LogP contribution is 2.39. The van der Waals surface area contributed by atoms with Gasteiger partial charge < -0.3 is 14.8 Å². The number of morpholine rings is 1. The van der Waals surface area contributed by atoms with Crippen LogP contribution in [0.2, 0.25) is 0 Å². The van der Waals surface area contributed by atoms with Crippen LogP contribution in [0.1, 0.15) is 42.5 Å². The molecule has 2 heterocycles. The lowest BCUT2D eigenvalue weighted by Crippen LogP contribution is -2.47. The van der Waals surface area contributed by atoms with Gasteiger partial charge in [0.2, 0.25) is 0 Å². The maximum absolute atomic E-state index is 12.5. The number of benzene rings is 1. The molecule has 0 unspecified atom stereocenters. The molecule has 0 amide bonds. The standard InChI is InChI=1S/C24H34N4O4S2/c1-31-20-9-10-21-18(15-20)3-2-4-22-23(21)27-24(33-22)26-19-7-5-17(6-8-19)16-25-34(29,30)28-11-13-32-14-12-28/h9-10,15,17,19,25H,2-8,11-14,16H2,1H3,(H,26,27). The molecule has 1 aromatic carbocycles. The first-order chi connectivity index (χ1) is 16.5. The number of nitrogens with zero attached hydrogens (tertiary/aromatic N) is 2. The van der Waals surface area contributed by atoms with Crippen molar-refractivity contribution in [2.24, 2.45) is 5.92 Å². The maximum Gasteiger partial charge on any atom is 0.279 e. The molecular weight excluding hydrogens is 472 g/mol. The third kappa shape index (κ3) is 5.41. The topological polar surface area (TPSA) is 92.8 Å². The van der Waals surface area contributed by atoms with Crippen molar-refractivity contribution < 1.29 is 17.9 Å². The van der Waals surface area contributed by atoms with Gasteiger partial charge in [0.15, 0.2) is 5.13 Å². The van der Waals surface area contributed by atoms with E-state index in [0.717, 1.165) is 61.5 Å². The number of aromatic nitrogens is 1. The number of nitrogens with one attached hydrogen (secondary N) is 2. The first-order valence-corrected chi connectivity index (χ1v) is 14.5. The lowest BCUT2D eigenvalue weighted by molar-refractivity contribution is 0.0724. The van der Waals surface area contributed by atoms with Crippen LogP contribution in [0.4, 0.5) is 5.13 Å². The molecule has 8 nitrogen and oxygen atoms in total. The van der Waals surface area contributed by atoms with Crippen LogP contribution in [-0.2, 0) is 27.8 Å². The number of ether oxygens (including phenoxy) is 2. The second kappa shape index (κ2) is 10.5. The van der Waals surface area contributed by atoms with Crippen LogP contribution in [-0.4, -0.2) is 63.7 Å². The second-order valence-corrected chi connectivity index (χ2v) is 12.2. The molecule has 34 heavy (non-hydrogen) atoms. The van der Waals surface area contributed by atoms with Gasteiger partial charge in [-0.3, -0.25) is 0 Å². The summed E-state index contributed by atoms with van der Waals surface area (Å²) in [6.45, 7) is 2.32. The summed E-state index contributed by atoms with van der Waals surface area (Å²) in [7, 11) is -1.70. The van der Waals surface area contributed by atoms with E-state index >= 15 is 0 Å². The number of aryl methyl sites for hydroxylation is 2. The molecule has 1 aliphatic heterocycles. The van der Waals surface area contributed by atoms with Crippen molar-refractivity contribution in [1.29, 1.82) is 0 Å². The average molecular weight is 507 g/mol. The summed E-state index contributed by atoms with van der Waals surface area (Å²) >= 11 is 1.79. The van der Waals surface area contributed by atoms with Crippen LogP contribution < -0.4 is 14.8 Å². The fraction of sp³-hybridized carbons (Fsp3) is 0.625. The van der Waals surface area contributed by atoms with Gasteiger partial charge in [-0.15, -0.1) is 11.3 Å². The van der Waals surface area contributed by atoms with E-state index in [-0.39, 0.29) is 0 Å². The minimum atomic E-state index is -3.41. The zero-order valence-electron chi connectivity index (χ0n) is 19.7. The first-order valence-electron chi connectivity index (χ1n) is 12.3. The number of fused-ring (bicyclic) bond motifs is 3. The molecular formula is C24H34N4O4S2. The van der Waals surface area contributed by atoms with Crippen LogP contribution in [0.25, 0.3) is 11.3 Å². The molecule has 0 radical (unpaired) electrons. The minimum Gasteiger partial charge on any atom is -0.497 e. The largest absolute Gasteiger partial charge is 0.497 e. The lowest BCUT2D eigenvalue weighted by Gasteiger charge is -2.30. The Morgan fingerprint density at radius 1 is 1.18 bits per heavy atom. The summed E-state index contributed by atoms with van der Waals surface area (Å²) in [5.41, 5.74) is 3.66. The zero-order valence-corrected chi connectivity index (χ0v) is 21.3. The summed E-state index contributed by atoms with van der Waals surface area (Å²) < 4.78 is 40.0.